The van der Waals surface area contributed by atoms with Crippen molar-refractivity contribution in [2.75, 3.05) is 19.0 Å². The zero-order valence-corrected chi connectivity index (χ0v) is 17.2. The van der Waals surface area contributed by atoms with E-state index in [0.717, 1.165) is 0 Å². The molecule has 2 aliphatic heterocycles. The van der Waals surface area contributed by atoms with Crippen molar-refractivity contribution in [1.82, 2.24) is 9.88 Å². The van der Waals surface area contributed by atoms with E-state index in [1.54, 1.807) is 37.4 Å². The summed E-state index contributed by atoms with van der Waals surface area (Å²) in [5.74, 6) is -1.29. The summed E-state index contributed by atoms with van der Waals surface area (Å²) >= 11 is 1.56. The Balaban J connectivity index is 1.71. The number of H-pyrrole nitrogens is 1. The Bertz CT molecular complexity index is 848. The molecule has 28 heavy (non-hydrogen) atoms. The van der Waals surface area contributed by atoms with Crippen LogP contribution in [0, 0.1) is 13.8 Å². The van der Waals surface area contributed by atoms with Crippen molar-refractivity contribution in [1.29, 1.82) is 0 Å². The normalized spacial score (nSPS) is 23.6. The summed E-state index contributed by atoms with van der Waals surface area (Å²) in [7, 11) is 0. The topological polar surface area (TPSA) is 106 Å². The van der Waals surface area contributed by atoms with Gasteiger partial charge >= 0.3 is 11.9 Å². The third-order valence-electron chi connectivity index (χ3n) is 5.20. The van der Waals surface area contributed by atoms with Gasteiger partial charge in [0.2, 0.25) is 11.7 Å². The highest BCUT2D eigenvalue weighted by atomic mass is 32.2. The molecule has 9 heteroatoms. The second-order valence-corrected chi connectivity index (χ2v) is 8.64. The first kappa shape index (κ1) is 20.4. The molecule has 2 atom stereocenters. The van der Waals surface area contributed by atoms with Crippen molar-refractivity contribution in [3.05, 3.63) is 22.5 Å². The molecule has 2 aliphatic rings. The summed E-state index contributed by atoms with van der Waals surface area (Å²) in [5.41, 5.74) is 1.38. The number of aromatic amines is 1. The number of carbonyl (C=O) groups is 4. The predicted octanol–water partition coefficient (Wildman–Crippen LogP) is 1.99. The molecule has 0 aromatic carbocycles. The lowest BCUT2D eigenvalue weighted by Gasteiger charge is -2.29. The van der Waals surface area contributed by atoms with Gasteiger partial charge in [-0.25, -0.2) is 9.59 Å². The highest BCUT2D eigenvalue weighted by Gasteiger charge is 2.53. The van der Waals surface area contributed by atoms with Crippen LogP contribution in [0.2, 0.25) is 0 Å². The minimum absolute atomic E-state index is 0.0672. The van der Waals surface area contributed by atoms with Gasteiger partial charge < -0.3 is 19.4 Å². The van der Waals surface area contributed by atoms with Crippen LogP contribution in [0.25, 0.3) is 0 Å². The standard InChI is InChI=1S/C19H24N2O6S/c1-5-26-18(25)16-11(3)20-10(2)15(16)13(22)8-27-17(24)12-9-28-19(4)7-6-14(23)21(12)19/h12,20H,5-9H2,1-4H3/t12-,19-/m0/s1. The van der Waals surface area contributed by atoms with Crippen LogP contribution in [0.15, 0.2) is 0 Å². The van der Waals surface area contributed by atoms with E-state index >= 15 is 0 Å². The van der Waals surface area contributed by atoms with E-state index in [1.807, 2.05) is 6.92 Å². The number of hydrogen-bond acceptors (Lipinski definition) is 7. The van der Waals surface area contributed by atoms with Crippen molar-refractivity contribution in [2.24, 2.45) is 0 Å². The summed E-state index contributed by atoms with van der Waals surface area (Å²) in [5, 5.41) is 0. The van der Waals surface area contributed by atoms with Crippen molar-refractivity contribution < 1.29 is 28.7 Å². The molecule has 1 amide bonds. The second kappa shape index (κ2) is 7.62. The Labute approximate surface area is 167 Å². The number of ketones is 1. The zero-order chi connectivity index (χ0) is 20.6. The lowest BCUT2D eigenvalue weighted by molar-refractivity contribution is -0.152. The van der Waals surface area contributed by atoms with Crippen LogP contribution in [-0.2, 0) is 19.1 Å². The van der Waals surface area contributed by atoms with E-state index in [4.69, 9.17) is 9.47 Å². The van der Waals surface area contributed by atoms with Gasteiger partial charge in [0.25, 0.3) is 0 Å². The van der Waals surface area contributed by atoms with Crippen LogP contribution >= 0.6 is 11.8 Å². The summed E-state index contributed by atoms with van der Waals surface area (Å²) in [6, 6.07) is -0.684. The van der Waals surface area contributed by atoms with Gasteiger partial charge in [-0.15, -0.1) is 11.8 Å². The van der Waals surface area contributed by atoms with E-state index in [9.17, 15) is 19.2 Å². The first-order chi connectivity index (χ1) is 13.2. The lowest BCUT2D eigenvalue weighted by Crippen LogP contribution is -2.46. The maximum atomic E-state index is 12.7. The van der Waals surface area contributed by atoms with Crippen LogP contribution < -0.4 is 0 Å². The van der Waals surface area contributed by atoms with Crippen molar-refractivity contribution >= 4 is 35.4 Å². The van der Waals surface area contributed by atoms with Gasteiger partial charge in [-0.3, -0.25) is 9.59 Å². The fourth-order valence-corrected chi connectivity index (χ4v) is 5.31. The van der Waals surface area contributed by atoms with Crippen LogP contribution in [0.1, 0.15) is 58.8 Å². The summed E-state index contributed by atoms with van der Waals surface area (Å²) in [6.07, 6.45) is 1.11. The molecule has 0 saturated carbocycles. The first-order valence-electron chi connectivity index (χ1n) is 9.21. The number of thioether (sulfide) groups is 1. The van der Waals surface area contributed by atoms with Crippen molar-refractivity contribution in [3.63, 3.8) is 0 Å². The maximum Gasteiger partial charge on any atom is 0.340 e. The summed E-state index contributed by atoms with van der Waals surface area (Å²) < 4.78 is 10.3. The van der Waals surface area contributed by atoms with Crippen LogP contribution in [0.4, 0.5) is 0 Å². The average Bonchev–Trinajstić information content (AvgIpc) is 3.23. The molecule has 1 aromatic rings. The number of esters is 2. The molecule has 3 heterocycles. The molecule has 2 fully saturated rings. The number of aryl methyl sites for hydroxylation is 2. The molecular formula is C19H24N2O6S. The predicted molar refractivity (Wildman–Crippen MR) is 102 cm³/mol. The SMILES string of the molecule is CCOC(=O)c1c(C)[nH]c(C)c1C(=O)COC(=O)[C@@H]1CS[C@@]2(C)CCC(=O)N12. The van der Waals surface area contributed by atoms with Gasteiger partial charge in [0.05, 0.1) is 22.6 Å². The Kier molecular flexibility index (Phi) is 5.56. The second-order valence-electron chi connectivity index (χ2n) is 7.14. The van der Waals surface area contributed by atoms with E-state index in [2.05, 4.69) is 4.98 Å². The Morgan fingerprint density at radius 2 is 1.89 bits per heavy atom. The van der Waals surface area contributed by atoms with Crippen LogP contribution in [0.5, 0.6) is 0 Å². The van der Waals surface area contributed by atoms with Gasteiger partial charge in [0, 0.05) is 23.6 Å². The Hall–Kier alpha value is -2.29. The fourth-order valence-electron chi connectivity index (χ4n) is 3.89. The Morgan fingerprint density at radius 1 is 1.21 bits per heavy atom. The third kappa shape index (κ3) is 3.43. The van der Waals surface area contributed by atoms with Crippen molar-refractivity contribution in [2.45, 2.75) is 51.4 Å². The molecule has 0 aliphatic carbocycles. The van der Waals surface area contributed by atoms with Crippen molar-refractivity contribution in [3.8, 4) is 0 Å². The van der Waals surface area contributed by atoms with Gasteiger partial charge in [0.15, 0.2) is 6.61 Å². The van der Waals surface area contributed by atoms with Gasteiger partial charge in [-0.1, -0.05) is 0 Å². The van der Waals surface area contributed by atoms with E-state index in [0.29, 0.717) is 30.0 Å². The van der Waals surface area contributed by atoms with Crippen LogP contribution in [0.3, 0.4) is 0 Å². The molecule has 3 rings (SSSR count). The van der Waals surface area contributed by atoms with E-state index in [-0.39, 0.29) is 28.5 Å². The molecule has 0 unspecified atom stereocenters. The fraction of sp³-hybridized carbons (Fsp3) is 0.579. The largest absolute Gasteiger partial charge is 0.462 e. The first-order valence-corrected chi connectivity index (χ1v) is 10.2. The molecule has 0 bridgehead atoms. The Morgan fingerprint density at radius 3 is 2.57 bits per heavy atom. The number of Topliss-reactive ketones (excluding diaryl/α,β-unsaturated/α-hetero) is 1. The van der Waals surface area contributed by atoms with Gasteiger partial charge in [-0.2, -0.15) is 0 Å². The molecule has 1 aromatic heterocycles. The van der Waals surface area contributed by atoms with Gasteiger partial charge in [-0.05, 0) is 34.1 Å². The number of fused-ring (bicyclic) bond motifs is 1. The maximum absolute atomic E-state index is 12.7. The van der Waals surface area contributed by atoms with Gasteiger partial charge in [0.1, 0.15) is 6.04 Å². The summed E-state index contributed by atoms with van der Waals surface area (Å²) in [4.78, 5) is 53.7. The number of nitrogens with one attached hydrogen (secondary N) is 1. The lowest BCUT2D eigenvalue weighted by atomic mass is 10.1. The number of rotatable bonds is 6. The number of nitrogens with zero attached hydrogens (tertiary/aromatic N) is 1. The molecule has 2 saturated heterocycles. The number of hydrogen-bond donors (Lipinski definition) is 1. The molecule has 1 N–H and O–H groups in total. The van der Waals surface area contributed by atoms with Crippen LogP contribution in [-0.4, -0.2) is 63.4 Å². The number of amides is 1. The minimum Gasteiger partial charge on any atom is -0.462 e. The molecule has 8 nitrogen and oxygen atoms in total. The number of carbonyl (C=O) groups excluding carboxylic acids is 4. The summed E-state index contributed by atoms with van der Waals surface area (Å²) in [6.45, 7) is 6.67. The average molecular weight is 408 g/mol. The van der Waals surface area contributed by atoms with E-state index in [1.165, 1.54) is 0 Å². The highest BCUT2D eigenvalue weighted by Crippen LogP contribution is 2.47. The molecular weight excluding hydrogens is 384 g/mol. The molecule has 152 valence electrons. The highest BCUT2D eigenvalue weighted by molar-refractivity contribution is 8.01. The van der Waals surface area contributed by atoms with E-state index < -0.39 is 30.4 Å². The minimum atomic E-state index is -0.684. The smallest absolute Gasteiger partial charge is 0.340 e. The third-order valence-corrected chi connectivity index (χ3v) is 6.70. The quantitative estimate of drug-likeness (QED) is 0.567. The monoisotopic (exact) mass is 408 g/mol. The molecule has 0 spiro atoms. The number of ether oxygens (including phenoxy) is 2. The molecule has 0 radical (unpaired) electrons. The number of aromatic nitrogens is 1. The zero-order valence-electron chi connectivity index (χ0n) is 16.4.